The Balaban J connectivity index is 1.58. The number of hydrogen-bond acceptors (Lipinski definition) is 4. The molecule has 6 heteroatoms. The van der Waals surface area contributed by atoms with Gasteiger partial charge in [0.25, 0.3) is 5.91 Å². The summed E-state index contributed by atoms with van der Waals surface area (Å²) in [6, 6.07) is 10.1. The molecule has 1 aromatic carbocycles. The fourth-order valence-electron chi connectivity index (χ4n) is 3.14. The Morgan fingerprint density at radius 3 is 2.62 bits per heavy atom. The Morgan fingerprint density at radius 2 is 1.96 bits per heavy atom. The van der Waals surface area contributed by atoms with E-state index in [1.807, 2.05) is 44.5 Å². The minimum absolute atomic E-state index is 0.000437. The number of amides is 1. The highest BCUT2D eigenvalue weighted by molar-refractivity contribution is 7.13. The molecule has 2 aromatic heterocycles. The van der Waals surface area contributed by atoms with Crippen LogP contribution in [0.25, 0.3) is 10.6 Å². The number of nitrogens with one attached hydrogen (secondary N) is 2. The highest BCUT2D eigenvalue weighted by Crippen LogP contribution is 2.25. The van der Waals surface area contributed by atoms with Crippen LogP contribution in [0.2, 0.25) is 0 Å². The van der Waals surface area contributed by atoms with Crippen LogP contribution in [-0.4, -0.2) is 24.7 Å². The quantitative estimate of drug-likeness (QED) is 0.701. The van der Waals surface area contributed by atoms with Gasteiger partial charge in [-0.2, -0.15) is 0 Å². The largest absolute Gasteiger partial charge is 0.355 e. The zero-order valence-electron chi connectivity index (χ0n) is 15.6. The molecular weight excluding hydrogens is 346 g/mol. The number of anilines is 1. The molecule has 0 saturated heterocycles. The van der Waals surface area contributed by atoms with Crippen molar-refractivity contribution in [2.24, 2.45) is 0 Å². The number of likely N-dealkylation sites (N-methyl/N-ethyl adjacent to an activating group) is 1. The van der Waals surface area contributed by atoms with Gasteiger partial charge in [-0.1, -0.05) is 28.9 Å². The number of carbonyl (C=O) groups excluding carboxylic acids is 1. The Hall–Kier alpha value is -2.44. The van der Waals surface area contributed by atoms with E-state index in [1.165, 1.54) is 5.56 Å². The predicted molar refractivity (Wildman–Crippen MR) is 105 cm³/mol. The van der Waals surface area contributed by atoms with Crippen LogP contribution in [0, 0.1) is 20.8 Å². The zero-order valence-corrected chi connectivity index (χ0v) is 16.4. The first-order valence-electron chi connectivity index (χ1n) is 8.61. The minimum Gasteiger partial charge on any atom is -0.355 e. The summed E-state index contributed by atoms with van der Waals surface area (Å²) in [5.41, 5.74) is 5.14. The first-order chi connectivity index (χ1) is 12.4. The number of thiophene rings is 1. The molecule has 3 rings (SSSR count). The van der Waals surface area contributed by atoms with Gasteiger partial charge < -0.3 is 14.7 Å². The van der Waals surface area contributed by atoms with E-state index in [2.05, 4.69) is 29.5 Å². The summed E-state index contributed by atoms with van der Waals surface area (Å²) >= 11 is 1.62. The fourth-order valence-corrected chi connectivity index (χ4v) is 3.81. The molecule has 1 atom stereocenters. The van der Waals surface area contributed by atoms with Crippen molar-refractivity contribution >= 4 is 22.9 Å². The maximum Gasteiger partial charge on any atom is 0.279 e. The Labute approximate surface area is 157 Å². The average molecular weight is 370 g/mol. The molecule has 2 heterocycles. The first-order valence-corrected chi connectivity index (χ1v) is 9.49. The normalized spacial score (nSPS) is 12.2. The second-order valence-electron chi connectivity index (χ2n) is 6.79. The summed E-state index contributed by atoms with van der Waals surface area (Å²) in [5.74, 6) is 0.776. The Bertz CT molecular complexity index is 877. The van der Waals surface area contributed by atoms with Crippen molar-refractivity contribution in [1.29, 1.82) is 0 Å². The molecule has 0 aliphatic rings. The SMILES string of the molecule is Cc1cc(C)c(NC(=O)C[NH+](C)Cc2cc(-c3cccs3)on2)c(C)c1. The molecule has 2 N–H and O–H groups in total. The molecule has 0 spiro atoms. The zero-order chi connectivity index (χ0) is 18.7. The van der Waals surface area contributed by atoms with E-state index in [4.69, 9.17) is 4.52 Å². The van der Waals surface area contributed by atoms with Crippen molar-refractivity contribution in [2.45, 2.75) is 27.3 Å². The van der Waals surface area contributed by atoms with Crippen LogP contribution in [0.4, 0.5) is 5.69 Å². The molecule has 1 unspecified atom stereocenters. The van der Waals surface area contributed by atoms with E-state index in [9.17, 15) is 4.79 Å². The molecule has 0 fully saturated rings. The van der Waals surface area contributed by atoms with Gasteiger partial charge in [0, 0.05) is 11.8 Å². The average Bonchev–Trinajstić information content (AvgIpc) is 3.21. The van der Waals surface area contributed by atoms with Crippen LogP contribution in [-0.2, 0) is 11.3 Å². The van der Waals surface area contributed by atoms with Gasteiger partial charge in [0.15, 0.2) is 12.3 Å². The number of carbonyl (C=O) groups is 1. The van der Waals surface area contributed by atoms with Gasteiger partial charge in [0.05, 0.1) is 11.9 Å². The van der Waals surface area contributed by atoms with Crippen LogP contribution in [0.3, 0.4) is 0 Å². The minimum atomic E-state index is -0.000437. The van der Waals surface area contributed by atoms with Gasteiger partial charge in [-0.15, -0.1) is 11.3 Å². The molecule has 0 aliphatic carbocycles. The van der Waals surface area contributed by atoms with Crippen molar-refractivity contribution in [3.63, 3.8) is 0 Å². The van der Waals surface area contributed by atoms with Crippen molar-refractivity contribution < 1.29 is 14.2 Å². The van der Waals surface area contributed by atoms with E-state index < -0.39 is 0 Å². The Kier molecular flexibility index (Phi) is 5.54. The lowest BCUT2D eigenvalue weighted by molar-refractivity contribution is -0.885. The smallest absolute Gasteiger partial charge is 0.279 e. The molecular formula is C20H24N3O2S+. The second-order valence-corrected chi connectivity index (χ2v) is 7.74. The topological polar surface area (TPSA) is 59.6 Å². The Morgan fingerprint density at radius 1 is 1.23 bits per heavy atom. The highest BCUT2D eigenvalue weighted by Gasteiger charge is 2.16. The van der Waals surface area contributed by atoms with Gasteiger partial charge in [-0.25, -0.2) is 0 Å². The van der Waals surface area contributed by atoms with Crippen molar-refractivity contribution in [1.82, 2.24) is 5.16 Å². The van der Waals surface area contributed by atoms with Crippen molar-refractivity contribution in [3.8, 4) is 10.6 Å². The summed E-state index contributed by atoms with van der Waals surface area (Å²) in [6.45, 7) is 7.11. The predicted octanol–water partition coefficient (Wildman–Crippen LogP) is 2.98. The lowest BCUT2D eigenvalue weighted by atomic mass is 10.1. The number of benzene rings is 1. The van der Waals surface area contributed by atoms with Crippen LogP contribution in [0.1, 0.15) is 22.4 Å². The van der Waals surface area contributed by atoms with Crippen molar-refractivity contribution in [2.75, 3.05) is 18.9 Å². The molecule has 26 heavy (non-hydrogen) atoms. The van der Waals surface area contributed by atoms with Crippen molar-refractivity contribution in [3.05, 3.63) is 58.1 Å². The number of hydrogen-bond donors (Lipinski definition) is 2. The molecule has 5 nitrogen and oxygen atoms in total. The maximum absolute atomic E-state index is 12.4. The summed E-state index contributed by atoms with van der Waals surface area (Å²) in [6.07, 6.45) is 0. The number of aryl methyl sites for hydroxylation is 3. The summed E-state index contributed by atoms with van der Waals surface area (Å²) in [5, 5.41) is 9.18. The third-order valence-corrected chi connectivity index (χ3v) is 5.09. The molecule has 136 valence electrons. The molecule has 0 bridgehead atoms. The monoisotopic (exact) mass is 370 g/mol. The lowest BCUT2D eigenvalue weighted by Gasteiger charge is -2.15. The molecule has 0 saturated carbocycles. The summed E-state index contributed by atoms with van der Waals surface area (Å²) in [7, 11) is 1.98. The highest BCUT2D eigenvalue weighted by atomic mass is 32.1. The third-order valence-electron chi connectivity index (χ3n) is 4.21. The standard InChI is InChI=1S/C20H23N3O2S/c1-13-8-14(2)20(15(3)9-13)21-19(24)12-23(4)11-16-10-17(25-22-16)18-6-5-7-26-18/h5-10H,11-12H2,1-4H3,(H,21,24)/p+1. The van der Waals surface area contributed by atoms with Gasteiger partial charge in [0.1, 0.15) is 12.2 Å². The number of aromatic nitrogens is 1. The van der Waals surface area contributed by atoms with Crippen LogP contribution >= 0.6 is 11.3 Å². The molecule has 3 aromatic rings. The van der Waals surface area contributed by atoms with E-state index in [0.29, 0.717) is 13.1 Å². The van der Waals surface area contributed by atoms with Gasteiger partial charge >= 0.3 is 0 Å². The molecule has 1 amide bonds. The van der Waals surface area contributed by atoms with Crippen LogP contribution in [0.15, 0.2) is 40.2 Å². The van der Waals surface area contributed by atoms with E-state index >= 15 is 0 Å². The van der Waals surface area contributed by atoms with E-state index in [1.54, 1.807) is 11.3 Å². The van der Waals surface area contributed by atoms with Crippen LogP contribution in [0.5, 0.6) is 0 Å². The third kappa shape index (κ3) is 4.39. The van der Waals surface area contributed by atoms with Gasteiger partial charge in [-0.05, 0) is 43.3 Å². The van der Waals surface area contributed by atoms with E-state index in [-0.39, 0.29) is 5.91 Å². The number of quaternary nitrogens is 1. The van der Waals surface area contributed by atoms with Crippen LogP contribution < -0.4 is 10.2 Å². The second kappa shape index (κ2) is 7.85. The van der Waals surface area contributed by atoms with E-state index in [0.717, 1.165) is 38.0 Å². The number of nitrogens with zero attached hydrogens (tertiary/aromatic N) is 1. The maximum atomic E-state index is 12.4. The summed E-state index contributed by atoms with van der Waals surface area (Å²) in [4.78, 5) is 14.5. The summed E-state index contributed by atoms with van der Waals surface area (Å²) < 4.78 is 5.40. The first kappa shape index (κ1) is 18.4. The molecule has 0 aliphatic heterocycles. The molecule has 0 radical (unpaired) electrons. The van der Waals surface area contributed by atoms with Gasteiger partial charge in [0.2, 0.25) is 0 Å². The fraction of sp³-hybridized carbons (Fsp3) is 0.300. The number of rotatable bonds is 6. The lowest BCUT2D eigenvalue weighted by Crippen LogP contribution is -3.08. The van der Waals surface area contributed by atoms with Gasteiger partial charge in [-0.3, -0.25) is 4.79 Å².